The number of nitrogens with one attached hydrogen (secondary N) is 1. The average molecular weight is 460 g/mol. The summed E-state index contributed by atoms with van der Waals surface area (Å²) in [6.07, 6.45) is 1.73. The maximum absolute atomic E-state index is 11.6. The summed E-state index contributed by atoms with van der Waals surface area (Å²) in [6, 6.07) is 9.86. The van der Waals surface area contributed by atoms with Gasteiger partial charge in [-0.25, -0.2) is 14.8 Å². The van der Waals surface area contributed by atoms with Gasteiger partial charge in [-0.1, -0.05) is 31.2 Å². The van der Waals surface area contributed by atoms with E-state index in [1.165, 1.54) is 0 Å². The third kappa shape index (κ3) is 3.89. The monoisotopic (exact) mass is 459 g/mol. The zero-order valence-electron chi connectivity index (χ0n) is 18.1. The molecule has 0 saturated carbocycles. The van der Waals surface area contributed by atoms with Gasteiger partial charge in [0.25, 0.3) is 0 Å². The van der Waals surface area contributed by atoms with Crippen molar-refractivity contribution in [2.24, 2.45) is 0 Å². The van der Waals surface area contributed by atoms with Crippen LogP contribution in [0.25, 0.3) is 33.7 Å². The number of aromatic carboxylic acids is 1. The highest BCUT2D eigenvalue weighted by Crippen LogP contribution is 2.33. The summed E-state index contributed by atoms with van der Waals surface area (Å²) < 4.78 is 2.03. The van der Waals surface area contributed by atoms with Crippen LogP contribution in [0.1, 0.15) is 40.8 Å². The van der Waals surface area contributed by atoms with E-state index in [9.17, 15) is 9.90 Å². The molecule has 0 radical (unpaired) electrons. The number of hydrogen-bond acceptors (Lipinski definition) is 7. The number of aromatic amines is 1. The maximum atomic E-state index is 11.6. The fourth-order valence-electron chi connectivity index (χ4n) is 3.92. The van der Waals surface area contributed by atoms with Gasteiger partial charge in [0, 0.05) is 22.9 Å². The molecule has 4 aromatic heterocycles. The molecule has 0 aliphatic heterocycles. The largest absolute Gasteiger partial charge is 0.477 e. The second-order valence-corrected chi connectivity index (χ2v) is 8.54. The van der Waals surface area contributed by atoms with E-state index >= 15 is 0 Å². The van der Waals surface area contributed by atoms with E-state index < -0.39 is 5.97 Å². The van der Waals surface area contributed by atoms with Gasteiger partial charge in [0.15, 0.2) is 11.3 Å². The first-order chi connectivity index (χ1) is 16.0. The van der Waals surface area contributed by atoms with E-state index in [1.54, 1.807) is 17.4 Å². The number of fused-ring (bicyclic) bond motifs is 1. The van der Waals surface area contributed by atoms with Gasteiger partial charge in [-0.05, 0) is 46.7 Å². The summed E-state index contributed by atoms with van der Waals surface area (Å²) in [7, 11) is 0. The smallest absolute Gasteiger partial charge is 0.354 e. The number of carboxylic acid groups (broad SMARTS) is 1. The predicted octanol–water partition coefficient (Wildman–Crippen LogP) is 4.35. The lowest BCUT2D eigenvalue weighted by atomic mass is 10.0. The quantitative estimate of drug-likeness (QED) is 0.371. The summed E-state index contributed by atoms with van der Waals surface area (Å²) in [5.74, 6) is 0.439. The van der Waals surface area contributed by atoms with E-state index in [2.05, 4.69) is 62.2 Å². The van der Waals surface area contributed by atoms with Gasteiger partial charge in [-0.2, -0.15) is 16.6 Å². The van der Waals surface area contributed by atoms with Crippen LogP contribution in [-0.4, -0.2) is 46.2 Å². The van der Waals surface area contributed by atoms with Gasteiger partial charge < -0.3 is 9.67 Å². The molecule has 0 saturated heterocycles. The Balaban J connectivity index is 1.51. The van der Waals surface area contributed by atoms with E-state index in [0.717, 1.165) is 52.0 Å². The summed E-state index contributed by atoms with van der Waals surface area (Å²) in [5.41, 5.74) is 6.34. The lowest BCUT2D eigenvalue weighted by Gasteiger charge is -2.10. The summed E-state index contributed by atoms with van der Waals surface area (Å²) >= 11 is 1.59. The molecule has 10 heteroatoms. The van der Waals surface area contributed by atoms with Crippen molar-refractivity contribution in [2.45, 2.75) is 33.2 Å². The fraction of sp³-hybridized carbons (Fsp3) is 0.217. The number of nitrogens with zero attached hydrogens (tertiary/aromatic N) is 6. The first kappa shape index (κ1) is 21.0. The molecule has 0 unspecified atom stereocenters. The Morgan fingerprint density at radius 2 is 1.94 bits per heavy atom. The van der Waals surface area contributed by atoms with Crippen molar-refractivity contribution in [1.29, 1.82) is 0 Å². The molecule has 4 heterocycles. The molecular weight excluding hydrogens is 438 g/mol. The Morgan fingerprint density at radius 3 is 2.64 bits per heavy atom. The van der Waals surface area contributed by atoms with Crippen molar-refractivity contribution >= 4 is 28.5 Å². The van der Waals surface area contributed by atoms with E-state index in [4.69, 9.17) is 4.98 Å². The van der Waals surface area contributed by atoms with Crippen molar-refractivity contribution in [3.8, 4) is 22.5 Å². The van der Waals surface area contributed by atoms with Gasteiger partial charge in [-0.15, -0.1) is 10.2 Å². The van der Waals surface area contributed by atoms with Crippen molar-refractivity contribution in [2.75, 3.05) is 0 Å². The Morgan fingerprint density at radius 1 is 1.15 bits per heavy atom. The number of pyridine rings is 1. The number of carbonyl (C=O) groups is 1. The van der Waals surface area contributed by atoms with Crippen LogP contribution in [0.4, 0.5) is 0 Å². The molecule has 2 N–H and O–H groups in total. The zero-order chi connectivity index (χ0) is 22.9. The molecule has 0 amide bonds. The molecule has 9 nitrogen and oxygen atoms in total. The first-order valence-electron chi connectivity index (χ1n) is 10.5. The average Bonchev–Trinajstić information content (AvgIpc) is 3.55. The number of H-pyrrole nitrogens is 1. The van der Waals surface area contributed by atoms with Crippen LogP contribution in [0, 0.1) is 6.92 Å². The van der Waals surface area contributed by atoms with Gasteiger partial charge in [-0.3, -0.25) is 0 Å². The Kier molecular flexibility index (Phi) is 5.43. The minimum atomic E-state index is -1.04. The third-order valence-corrected chi connectivity index (χ3v) is 6.26. The topological polar surface area (TPSA) is 122 Å². The number of benzene rings is 1. The van der Waals surface area contributed by atoms with Gasteiger partial charge >= 0.3 is 5.97 Å². The van der Waals surface area contributed by atoms with Gasteiger partial charge in [0.1, 0.15) is 11.3 Å². The fourth-order valence-corrected chi connectivity index (χ4v) is 4.75. The predicted molar refractivity (Wildman–Crippen MR) is 125 cm³/mol. The van der Waals surface area contributed by atoms with Crippen molar-refractivity contribution in [3.63, 3.8) is 0 Å². The van der Waals surface area contributed by atoms with Crippen LogP contribution in [-0.2, 0) is 13.0 Å². The molecule has 0 aliphatic carbocycles. The van der Waals surface area contributed by atoms with Gasteiger partial charge in [0.05, 0.1) is 6.54 Å². The molecule has 0 atom stereocenters. The lowest BCUT2D eigenvalue weighted by Crippen LogP contribution is -2.08. The number of aryl methyl sites for hydroxylation is 2. The number of imidazole rings is 1. The Bertz CT molecular complexity index is 1440. The molecule has 0 spiro atoms. The van der Waals surface area contributed by atoms with E-state index in [-0.39, 0.29) is 5.69 Å². The maximum Gasteiger partial charge on any atom is 0.354 e. The summed E-state index contributed by atoms with van der Waals surface area (Å²) in [4.78, 5) is 20.8. The highest BCUT2D eigenvalue weighted by molar-refractivity contribution is 7.08. The number of hydrogen-bond donors (Lipinski definition) is 2. The van der Waals surface area contributed by atoms with Crippen LogP contribution < -0.4 is 0 Å². The Hall–Kier alpha value is -3.92. The SMILES string of the molecule is CCCc1nc2c(C)cc(C(=O)O)nc2n1Cc1ccc(-c2cscc2-c2nn[nH]n2)cc1. The van der Waals surface area contributed by atoms with Crippen molar-refractivity contribution in [3.05, 3.63) is 63.7 Å². The van der Waals surface area contributed by atoms with Gasteiger partial charge in [0.2, 0.25) is 5.82 Å². The Labute approximate surface area is 193 Å². The minimum absolute atomic E-state index is 0.0333. The number of tetrazole rings is 1. The molecule has 5 aromatic rings. The lowest BCUT2D eigenvalue weighted by molar-refractivity contribution is 0.0690. The van der Waals surface area contributed by atoms with E-state index in [1.807, 2.05) is 16.9 Å². The highest BCUT2D eigenvalue weighted by Gasteiger charge is 2.18. The number of thiophene rings is 1. The molecule has 1 aromatic carbocycles. The van der Waals surface area contributed by atoms with Crippen LogP contribution >= 0.6 is 11.3 Å². The number of rotatable bonds is 7. The summed E-state index contributed by atoms with van der Waals surface area (Å²) in [5, 5.41) is 27.9. The normalized spacial score (nSPS) is 11.3. The molecule has 5 rings (SSSR count). The molecule has 166 valence electrons. The molecular formula is C23H21N7O2S. The minimum Gasteiger partial charge on any atom is -0.477 e. The second-order valence-electron chi connectivity index (χ2n) is 7.80. The van der Waals surface area contributed by atoms with Crippen molar-refractivity contribution < 1.29 is 9.90 Å². The summed E-state index contributed by atoms with van der Waals surface area (Å²) in [6.45, 7) is 4.53. The van der Waals surface area contributed by atoms with Crippen LogP contribution in [0.2, 0.25) is 0 Å². The molecule has 0 bridgehead atoms. The van der Waals surface area contributed by atoms with Crippen LogP contribution in [0.3, 0.4) is 0 Å². The van der Waals surface area contributed by atoms with Crippen LogP contribution in [0.5, 0.6) is 0 Å². The number of carboxylic acids is 1. The molecule has 0 aliphatic rings. The van der Waals surface area contributed by atoms with Crippen molar-refractivity contribution in [1.82, 2.24) is 35.2 Å². The molecule has 33 heavy (non-hydrogen) atoms. The van der Waals surface area contributed by atoms with Crippen LogP contribution in [0.15, 0.2) is 41.1 Å². The zero-order valence-corrected chi connectivity index (χ0v) is 18.9. The third-order valence-electron chi connectivity index (χ3n) is 5.52. The second kappa shape index (κ2) is 8.55. The first-order valence-corrected chi connectivity index (χ1v) is 11.5. The standard InChI is InChI=1S/C23H21N7O2S/c1-3-4-19-25-20-13(2)9-18(23(31)32)24-22(20)30(19)10-14-5-7-15(8-6-14)16-11-33-12-17(16)21-26-28-29-27-21/h5-9,11-12H,3-4,10H2,1-2H3,(H,31,32)(H,26,27,28,29). The van der Waals surface area contributed by atoms with E-state index in [0.29, 0.717) is 18.0 Å². The highest BCUT2D eigenvalue weighted by atomic mass is 32.1. The number of aromatic nitrogens is 7. The molecule has 0 fully saturated rings.